The van der Waals surface area contributed by atoms with E-state index in [0.717, 1.165) is 5.56 Å². The molecule has 0 saturated heterocycles. The average molecular weight is 500 g/mol. The van der Waals surface area contributed by atoms with Crippen LogP contribution in [0.1, 0.15) is 23.6 Å². The number of halogens is 1. The number of anilines is 1. The Bertz CT molecular complexity index is 1700. The molecule has 9 heteroatoms. The number of para-hydroxylation sites is 1. The SMILES string of the molecule is C/C(=C1/N=C(c2cc([N+](=O)[O-])ccc2Cl)N(c2cccc(C)c2)C1=O)c1cc2ccccc2oc1=O. The number of amides is 1. The highest BCUT2D eigenvalue weighted by atomic mass is 35.5. The van der Waals surface area contributed by atoms with E-state index in [0.29, 0.717) is 22.2 Å². The highest BCUT2D eigenvalue weighted by Gasteiger charge is 2.36. The first-order chi connectivity index (χ1) is 17.2. The second-order valence-corrected chi connectivity index (χ2v) is 8.70. The Morgan fingerprint density at radius 2 is 1.81 bits per heavy atom. The summed E-state index contributed by atoms with van der Waals surface area (Å²) in [5.74, 6) is -0.373. The van der Waals surface area contributed by atoms with Crippen molar-refractivity contribution >= 4 is 51.3 Å². The van der Waals surface area contributed by atoms with Gasteiger partial charge in [0.05, 0.1) is 21.2 Å². The molecule has 1 aliphatic rings. The average Bonchev–Trinajstić information content (AvgIpc) is 3.20. The van der Waals surface area contributed by atoms with Crippen LogP contribution in [0.15, 0.2) is 92.7 Å². The van der Waals surface area contributed by atoms with Gasteiger partial charge in [-0.1, -0.05) is 41.9 Å². The molecule has 0 bridgehead atoms. The van der Waals surface area contributed by atoms with E-state index < -0.39 is 16.5 Å². The molecule has 2 heterocycles. The number of aryl methyl sites for hydroxylation is 1. The van der Waals surface area contributed by atoms with Crippen LogP contribution in [0.5, 0.6) is 0 Å². The van der Waals surface area contributed by atoms with E-state index in [4.69, 9.17) is 16.0 Å². The van der Waals surface area contributed by atoms with Gasteiger partial charge in [0, 0.05) is 23.1 Å². The zero-order valence-corrected chi connectivity index (χ0v) is 19.9. The lowest BCUT2D eigenvalue weighted by Crippen LogP contribution is -2.33. The topological polar surface area (TPSA) is 106 Å². The van der Waals surface area contributed by atoms with Crippen LogP contribution in [0.4, 0.5) is 11.4 Å². The van der Waals surface area contributed by atoms with E-state index in [-0.39, 0.29) is 33.4 Å². The van der Waals surface area contributed by atoms with Gasteiger partial charge in [0.15, 0.2) is 0 Å². The van der Waals surface area contributed by atoms with Crippen LogP contribution >= 0.6 is 11.6 Å². The van der Waals surface area contributed by atoms with Gasteiger partial charge in [-0.3, -0.25) is 19.8 Å². The molecule has 8 nitrogen and oxygen atoms in total. The van der Waals surface area contributed by atoms with Crippen LogP contribution in [0.3, 0.4) is 0 Å². The second-order valence-electron chi connectivity index (χ2n) is 8.30. The Hall–Kier alpha value is -4.56. The number of carbonyl (C=O) groups excluding carboxylic acids is 1. The fourth-order valence-corrected chi connectivity index (χ4v) is 4.29. The summed E-state index contributed by atoms with van der Waals surface area (Å²) in [6.45, 7) is 3.49. The normalized spacial score (nSPS) is 14.8. The number of rotatable bonds is 4. The number of non-ortho nitro benzene ring substituents is 1. The quantitative estimate of drug-likeness (QED) is 0.151. The molecule has 3 aromatic carbocycles. The highest BCUT2D eigenvalue weighted by Crippen LogP contribution is 2.34. The van der Waals surface area contributed by atoms with E-state index in [1.54, 1.807) is 49.4 Å². The van der Waals surface area contributed by atoms with Crippen molar-refractivity contribution in [2.75, 3.05) is 4.90 Å². The number of nitro groups is 1. The summed E-state index contributed by atoms with van der Waals surface area (Å²) in [6, 6.07) is 19.9. The molecule has 0 N–H and O–H groups in total. The molecule has 0 radical (unpaired) electrons. The summed E-state index contributed by atoms with van der Waals surface area (Å²) >= 11 is 6.43. The van der Waals surface area contributed by atoms with Gasteiger partial charge in [-0.05, 0) is 55.3 Å². The number of nitrogens with zero attached hydrogens (tertiary/aromatic N) is 3. The van der Waals surface area contributed by atoms with Crippen LogP contribution in [-0.2, 0) is 4.79 Å². The third-order valence-corrected chi connectivity index (χ3v) is 6.23. The molecule has 1 aliphatic heterocycles. The number of fused-ring (bicyclic) bond motifs is 1. The van der Waals surface area contributed by atoms with Gasteiger partial charge in [0.1, 0.15) is 17.1 Å². The minimum absolute atomic E-state index is 0.0108. The fraction of sp³-hybridized carbons (Fsp3) is 0.0741. The maximum atomic E-state index is 13.8. The third-order valence-electron chi connectivity index (χ3n) is 5.90. The van der Waals surface area contributed by atoms with E-state index in [9.17, 15) is 19.7 Å². The first kappa shape index (κ1) is 23.2. The van der Waals surface area contributed by atoms with E-state index in [2.05, 4.69) is 4.99 Å². The maximum Gasteiger partial charge on any atom is 0.343 e. The molecule has 0 atom stereocenters. The van der Waals surface area contributed by atoms with Gasteiger partial charge in [0.25, 0.3) is 11.6 Å². The highest BCUT2D eigenvalue weighted by molar-refractivity contribution is 6.40. The smallest absolute Gasteiger partial charge is 0.343 e. The molecular weight excluding hydrogens is 482 g/mol. The summed E-state index contributed by atoms with van der Waals surface area (Å²) < 4.78 is 5.45. The van der Waals surface area contributed by atoms with E-state index >= 15 is 0 Å². The first-order valence-electron chi connectivity index (χ1n) is 10.9. The summed E-state index contributed by atoms with van der Waals surface area (Å²) in [7, 11) is 0. The monoisotopic (exact) mass is 499 g/mol. The zero-order chi connectivity index (χ0) is 25.6. The van der Waals surface area contributed by atoms with Crippen molar-refractivity contribution in [3.63, 3.8) is 0 Å². The third kappa shape index (κ3) is 3.97. The summed E-state index contributed by atoms with van der Waals surface area (Å²) in [6.07, 6.45) is 0. The molecule has 0 saturated carbocycles. The largest absolute Gasteiger partial charge is 0.422 e. The molecule has 0 fully saturated rings. The number of hydrogen-bond donors (Lipinski definition) is 0. The molecule has 178 valence electrons. The number of amidine groups is 1. The van der Waals surface area contributed by atoms with Gasteiger partial charge < -0.3 is 4.42 Å². The molecule has 5 rings (SSSR count). The zero-order valence-electron chi connectivity index (χ0n) is 19.2. The van der Waals surface area contributed by atoms with Crippen molar-refractivity contribution in [2.24, 2.45) is 4.99 Å². The van der Waals surface area contributed by atoms with Gasteiger partial charge >= 0.3 is 5.63 Å². The summed E-state index contributed by atoms with van der Waals surface area (Å²) in [5.41, 5.74) is 1.76. The molecule has 4 aromatic rings. The number of carbonyl (C=O) groups is 1. The van der Waals surface area contributed by atoms with Gasteiger partial charge in [-0.25, -0.2) is 9.79 Å². The molecular formula is C27H18ClN3O5. The summed E-state index contributed by atoms with van der Waals surface area (Å²) in [5, 5.41) is 12.3. The van der Waals surface area contributed by atoms with Crippen molar-refractivity contribution in [3.05, 3.63) is 121 Å². The van der Waals surface area contributed by atoms with Crippen LogP contribution in [0.25, 0.3) is 16.5 Å². The first-order valence-corrected chi connectivity index (χ1v) is 11.3. The standard InChI is InChI=1S/C27H18ClN3O5/c1-15-6-5-8-18(12-15)30-25(21-14-19(31(34)35)10-11-22(21)28)29-24(26(30)32)16(2)20-13-17-7-3-4-9-23(17)36-27(20)33/h3-14H,1-2H3/b24-16-. The molecule has 1 amide bonds. The van der Waals surface area contributed by atoms with E-state index in [1.807, 2.05) is 19.1 Å². The lowest BCUT2D eigenvalue weighted by atomic mass is 10.1. The Balaban J connectivity index is 1.75. The molecule has 1 aromatic heterocycles. The lowest BCUT2D eigenvalue weighted by molar-refractivity contribution is -0.384. The molecule has 0 spiro atoms. The van der Waals surface area contributed by atoms with Crippen molar-refractivity contribution in [3.8, 4) is 0 Å². The molecule has 36 heavy (non-hydrogen) atoms. The minimum atomic E-state index is -0.606. The number of hydrogen-bond acceptors (Lipinski definition) is 6. The number of aliphatic imine (C=N–C) groups is 1. The van der Waals surface area contributed by atoms with Crippen LogP contribution in [0.2, 0.25) is 5.02 Å². The molecule has 0 unspecified atom stereocenters. The van der Waals surface area contributed by atoms with Gasteiger partial charge in [-0.15, -0.1) is 0 Å². The van der Waals surface area contributed by atoms with Gasteiger partial charge in [0.2, 0.25) is 0 Å². The lowest BCUT2D eigenvalue weighted by Gasteiger charge is -2.19. The minimum Gasteiger partial charge on any atom is -0.422 e. The predicted molar refractivity (Wildman–Crippen MR) is 138 cm³/mol. The summed E-state index contributed by atoms with van der Waals surface area (Å²) in [4.78, 5) is 43.4. The number of benzene rings is 3. The van der Waals surface area contributed by atoms with Crippen molar-refractivity contribution < 1.29 is 14.1 Å². The maximum absolute atomic E-state index is 13.8. The van der Waals surface area contributed by atoms with Crippen molar-refractivity contribution in [2.45, 2.75) is 13.8 Å². The van der Waals surface area contributed by atoms with E-state index in [1.165, 1.54) is 23.1 Å². The van der Waals surface area contributed by atoms with Gasteiger partial charge in [-0.2, -0.15) is 0 Å². The van der Waals surface area contributed by atoms with Crippen LogP contribution in [0, 0.1) is 17.0 Å². The second kappa shape index (κ2) is 8.90. The van der Waals surface area contributed by atoms with Crippen molar-refractivity contribution in [1.82, 2.24) is 0 Å². The Morgan fingerprint density at radius 3 is 2.56 bits per heavy atom. The Labute approximate surface area is 209 Å². The number of nitro benzene ring substituents is 1. The Kier molecular flexibility index (Phi) is 5.74. The van der Waals surface area contributed by atoms with Crippen LogP contribution in [-0.4, -0.2) is 16.7 Å². The van der Waals surface area contributed by atoms with Crippen molar-refractivity contribution in [1.29, 1.82) is 0 Å². The Morgan fingerprint density at radius 1 is 1.03 bits per heavy atom. The predicted octanol–water partition coefficient (Wildman–Crippen LogP) is 5.89. The fourth-order valence-electron chi connectivity index (χ4n) is 4.09. The number of allylic oxidation sites excluding steroid dienone is 1. The van der Waals surface area contributed by atoms with Crippen LogP contribution < -0.4 is 10.5 Å². The molecule has 0 aliphatic carbocycles.